The van der Waals surface area contributed by atoms with Crippen LogP contribution in [0, 0.1) is 0 Å². The zero-order valence-electron chi connectivity index (χ0n) is 11.4. The van der Waals surface area contributed by atoms with Crippen molar-refractivity contribution in [3.8, 4) is 10.8 Å². The van der Waals surface area contributed by atoms with Crippen molar-refractivity contribution in [2.24, 2.45) is 5.73 Å². The molecule has 0 bridgehead atoms. The molecule has 21 heavy (non-hydrogen) atoms. The number of aromatic nitrogens is 3. The number of carbonyl (C=O) groups is 1. The molecule has 0 aliphatic rings. The Morgan fingerprint density at radius 1 is 1.33 bits per heavy atom. The van der Waals surface area contributed by atoms with Crippen molar-refractivity contribution in [2.75, 3.05) is 6.54 Å². The third-order valence-electron chi connectivity index (χ3n) is 2.37. The second kappa shape index (κ2) is 9.62. The van der Waals surface area contributed by atoms with Gasteiger partial charge in [-0.3, -0.25) is 4.79 Å². The van der Waals surface area contributed by atoms with Crippen LogP contribution in [-0.4, -0.2) is 33.4 Å². The number of nitrogens with two attached hydrogens (primary N) is 1. The van der Waals surface area contributed by atoms with Crippen LogP contribution in [0.3, 0.4) is 0 Å². The molecular weight excluding hydrogens is 333 g/mol. The summed E-state index contributed by atoms with van der Waals surface area (Å²) in [7, 11) is 0. The normalized spacial score (nSPS) is 11.0. The number of carbonyl (C=O) groups excluding carboxylic acids is 1. The number of hydrogen-bond acceptors (Lipinski definition) is 6. The minimum atomic E-state index is -0.139. The maximum Gasteiger partial charge on any atom is 0.263 e. The van der Waals surface area contributed by atoms with Crippen molar-refractivity contribution < 1.29 is 4.79 Å². The van der Waals surface area contributed by atoms with Crippen LogP contribution in [0.5, 0.6) is 0 Å². The van der Waals surface area contributed by atoms with Gasteiger partial charge in [0.15, 0.2) is 10.8 Å². The molecule has 0 saturated carbocycles. The lowest BCUT2D eigenvalue weighted by atomic mass is 10.2. The van der Waals surface area contributed by atoms with Crippen LogP contribution in [0.25, 0.3) is 10.8 Å². The van der Waals surface area contributed by atoms with Gasteiger partial charge in [0.25, 0.3) is 5.91 Å². The number of rotatable bonds is 5. The molecule has 2 heterocycles. The monoisotopic (exact) mass is 349 g/mol. The largest absolute Gasteiger partial charge is 0.351 e. The van der Waals surface area contributed by atoms with Crippen LogP contribution in [0.2, 0.25) is 0 Å². The van der Waals surface area contributed by atoms with Crippen molar-refractivity contribution in [1.29, 1.82) is 0 Å². The quantitative estimate of drug-likeness (QED) is 0.859. The minimum absolute atomic E-state index is 0. The molecule has 1 amide bonds. The molecular formula is C12H17Cl2N5OS. The highest BCUT2D eigenvalue weighted by Gasteiger charge is 2.12. The first-order valence-corrected chi connectivity index (χ1v) is 6.75. The topological polar surface area (TPSA) is 93.8 Å². The summed E-state index contributed by atoms with van der Waals surface area (Å²) in [5, 5.41) is 3.44. The average Bonchev–Trinajstić information content (AvgIpc) is 2.89. The molecule has 1 atom stereocenters. The fraction of sp³-hybridized carbons (Fsp3) is 0.333. The van der Waals surface area contributed by atoms with Crippen LogP contribution >= 0.6 is 36.2 Å². The number of nitrogens with zero attached hydrogens (tertiary/aromatic N) is 3. The molecule has 6 nitrogen and oxygen atoms in total. The van der Waals surface area contributed by atoms with Gasteiger partial charge in [0.1, 0.15) is 4.88 Å². The predicted octanol–water partition coefficient (Wildman–Crippen LogP) is 1.91. The second-order valence-corrected chi connectivity index (χ2v) is 5.15. The Bertz CT molecular complexity index is 550. The Kier molecular flexibility index (Phi) is 9.03. The molecule has 0 fully saturated rings. The van der Waals surface area contributed by atoms with Gasteiger partial charge in [-0.25, -0.2) is 15.0 Å². The molecule has 0 radical (unpaired) electrons. The predicted molar refractivity (Wildman–Crippen MR) is 88.2 cm³/mol. The zero-order chi connectivity index (χ0) is 13.7. The van der Waals surface area contributed by atoms with Crippen molar-refractivity contribution >= 4 is 42.1 Å². The maximum atomic E-state index is 11.8. The van der Waals surface area contributed by atoms with Gasteiger partial charge < -0.3 is 11.1 Å². The van der Waals surface area contributed by atoms with E-state index in [2.05, 4.69) is 20.3 Å². The van der Waals surface area contributed by atoms with E-state index in [-0.39, 0.29) is 36.8 Å². The number of amides is 1. The summed E-state index contributed by atoms with van der Waals surface area (Å²) in [5.74, 6) is 0.391. The fourth-order valence-electron chi connectivity index (χ4n) is 1.39. The summed E-state index contributed by atoms with van der Waals surface area (Å²) >= 11 is 1.27. The van der Waals surface area contributed by atoms with Gasteiger partial charge in [0.2, 0.25) is 0 Å². The molecule has 9 heteroatoms. The molecule has 116 valence electrons. The Morgan fingerprint density at radius 2 is 2.00 bits per heavy atom. The molecule has 2 aromatic rings. The summed E-state index contributed by atoms with van der Waals surface area (Å²) in [6.45, 7) is 2.47. The SMILES string of the molecule is CC(N)CCNC(=O)c1cnc(-c2ncccn2)s1.Cl.Cl. The van der Waals surface area contributed by atoms with Crippen LogP contribution in [-0.2, 0) is 0 Å². The highest BCUT2D eigenvalue weighted by Crippen LogP contribution is 2.21. The maximum absolute atomic E-state index is 11.8. The number of hydrogen-bond donors (Lipinski definition) is 2. The molecule has 2 aromatic heterocycles. The van der Waals surface area contributed by atoms with E-state index in [1.807, 2.05) is 6.92 Å². The first-order chi connectivity index (χ1) is 9.16. The van der Waals surface area contributed by atoms with E-state index >= 15 is 0 Å². The Balaban J connectivity index is 0.00000200. The lowest BCUT2D eigenvalue weighted by molar-refractivity contribution is 0.0956. The van der Waals surface area contributed by atoms with Gasteiger partial charge in [-0.05, 0) is 19.4 Å². The van der Waals surface area contributed by atoms with E-state index in [1.165, 1.54) is 17.5 Å². The third-order valence-corrected chi connectivity index (χ3v) is 3.36. The first-order valence-electron chi connectivity index (χ1n) is 5.94. The second-order valence-electron chi connectivity index (χ2n) is 4.12. The summed E-state index contributed by atoms with van der Waals surface area (Å²) in [6.07, 6.45) is 5.58. The van der Waals surface area contributed by atoms with Crippen molar-refractivity contribution in [3.05, 3.63) is 29.5 Å². The summed E-state index contributed by atoms with van der Waals surface area (Å²) < 4.78 is 0. The van der Waals surface area contributed by atoms with Gasteiger partial charge in [0, 0.05) is 25.0 Å². The molecule has 3 N–H and O–H groups in total. The number of thiazole rings is 1. The van der Waals surface area contributed by atoms with Crippen molar-refractivity contribution in [1.82, 2.24) is 20.3 Å². The van der Waals surface area contributed by atoms with Gasteiger partial charge in [-0.15, -0.1) is 36.2 Å². The van der Waals surface area contributed by atoms with Gasteiger partial charge in [-0.2, -0.15) is 0 Å². The van der Waals surface area contributed by atoms with Gasteiger partial charge in [0.05, 0.1) is 6.20 Å². The van der Waals surface area contributed by atoms with E-state index < -0.39 is 0 Å². The standard InChI is InChI=1S/C12H15N5OS.2ClH/c1-8(13)3-6-16-11(18)9-7-17-12(19-9)10-14-4-2-5-15-10;;/h2,4-5,7-8H,3,6,13H2,1H3,(H,16,18);2*1H. The summed E-state index contributed by atoms with van der Waals surface area (Å²) in [6, 6.07) is 1.81. The van der Waals surface area contributed by atoms with Gasteiger partial charge >= 0.3 is 0 Å². The van der Waals surface area contributed by atoms with Crippen LogP contribution in [0.4, 0.5) is 0 Å². The fourth-order valence-corrected chi connectivity index (χ4v) is 2.17. The third kappa shape index (κ3) is 5.92. The highest BCUT2D eigenvalue weighted by atomic mass is 35.5. The summed E-state index contributed by atoms with van der Waals surface area (Å²) in [4.78, 5) is 24.7. The Hall–Kier alpha value is -1.28. The lowest BCUT2D eigenvalue weighted by Gasteiger charge is -2.05. The van der Waals surface area contributed by atoms with Gasteiger partial charge in [-0.1, -0.05) is 0 Å². The Labute approximate surface area is 139 Å². The molecule has 0 saturated heterocycles. The Morgan fingerprint density at radius 3 is 2.62 bits per heavy atom. The molecule has 0 aliphatic heterocycles. The minimum Gasteiger partial charge on any atom is -0.351 e. The molecule has 2 rings (SSSR count). The van der Waals surface area contributed by atoms with Crippen molar-refractivity contribution in [3.63, 3.8) is 0 Å². The smallest absolute Gasteiger partial charge is 0.263 e. The van der Waals surface area contributed by atoms with Crippen LogP contribution < -0.4 is 11.1 Å². The molecule has 0 aromatic carbocycles. The number of halogens is 2. The highest BCUT2D eigenvalue weighted by molar-refractivity contribution is 7.16. The van der Waals surface area contributed by atoms with Crippen LogP contribution in [0.15, 0.2) is 24.7 Å². The van der Waals surface area contributed by atoms with Crippen molar-refractivity contribution in [2.45, 2.75) is 19.4 Å². The lowest BCUT2D eigenvalue weighted by Crippen LogP contribution is -2.28. The van der Waals surface area contributed by atoms with E-state index in [4.69, 9.17) is 5.73 Å². The molecule has 0 aliphatic carbocycles. The van der Waals surface area contributed by atoms with E-state index in [0.29, 0.717) is 22.3 Å². The number of nitrogens with one attached hydrogen (secondary N) is 1. The van der Waals surface area contributed by atoms with E-state index in [1.54, 1.807) is 18.5 Å². The zero-order valence-corrected chi connectivity index (χ0v) is 13.8. The summed E-state index contributed by atoms with van der Waals surface area (Å²) in [5.41, 5.74) is 5.62. The van der Waals surface area contributed by atoms with Crippen LogP contribution in [0.1, 0.15) is 23.0 Å². The molecule has 1 unspecified atom stereocenters. The van der Waals surface area contributed by atoms with E-state index in [9.17, 15) is 4.79 Å². The average molecular weight is 350 g/mol. The first kappa shape index (κ1) is 19.7. The molecule has 0 spiro atoms. The van der Waals surface area contributed by atoms with E-state index in [0.717, 1.165) is 6.42 Å².